The first-order valence-electron chi connectivity index (χ1n) is 5.25. The van der Waals surface area contributed by atoms with Crippen LogP contribution >= 0.6 is 0 Å². The lowest BCUT2D eigenvalue weighted by atomic mass is 9.91. The quantitative estimate of drug-likeness (QED) is 0.770. The molecule has 1 N–H and O–H groups in total. The molecule has 0 heterocycles. The number of amides is 1. The first-order chi connectivity index (χ1) is 7.19. The molecule has 1 amide bonds. The van der Waals surface area contributed by atoms with E-state index in [4.69, 9.17) is 4.74 Å². The SMILES string of the molecule is COC(C)C(C)(C(=O)O)N(C(C)=O)C(C)C. The number of carbonyl (C=O) groups excluding carboxylic acids is 1. The highest BCUT2D eigenvalue weighted by atomic mass is 16.5. The van der Waals surface area contributed by atoms with Gasteiger partial charge < -0.3 is 14.7 Å². The Morgan fingerprint density at radius 1 is 1.31 bits per heavy atom. The van der Waals surface area contributed by atoms with Gasteiger partial charge in [0.25, 0.3) is 0 Å². The molecule has 0 aromatic heterocycles. The molecule has 2 atom stereocenters. The number of methoxy groups -OCH3 is 1. The van der Waals surface area contributed by atoms with Crippen molar-refractivity contribution in [3.8, 4) is 0 Å². The van der Waals surface area contributed by atoms with Gasteiger partial charge in [0.2, 0.25) is 5.91 Å². The summed E-state index contributed by atoms with van der Waals surface area (Å²) in [6.45, 7) is 8.08. The first kappa shape index (κ1) is 14.9. The van der Waals surface area contributed by atoms with Gasteiger partial charge in [0.1, 0.15) is 0 Å². The Morgan fingerprint density at radius 2 is 1.75 bits per heavy atom. The molecule has 0 aliphatic heterocycles. The summed E-state index contributed by atoms with van der Waals surface area (Å²) in [6.07, 6.45) is -0.587. The van der Waals surface area contributed by atoms with Crippen LogP contribution in [0.15, 0.2) is 0 Å². The molecule has 0 aliphatic rings. The number of carbonyl (C=O) groups is 2. The van der Waals surface area contributed by atoms with Gasteiger partial charge in [-0.1, -0.05) is 0 Å². The van der Waals surface area contributed by atoms with Crippen molar-refractivity contribution < 1.29 is 19.4 Å². The molecular formula is C11H21NO4. The van der Waals surface area contributed by atoms with Gasteiger partial charge in [-0.05, 0) is 27.7 Å². The lowest BCUT2D eigenvalue weighted by Crippen LogP contribution is -2.63. The van der Waals surface area contributed by atoms with E-state index in [1.54, 1.807) is 20.8 Å². The van der Waals surface area contributed by atoms with Crippen LogP contribution in [0, 0.1) is 0 Å². The number of carboxylic acid groups (broad SMARTS) is 1. The second-order valence-electron chi connectivity index (χ2n) is 4.31. The number of hydrogen-bond donors (Lipinski definition) is 1. The highest BCUT2D eigenvalue weighted by Gasteiger charge is 2.47. The van der Waals surface area contributed by atoms with Crippen molar-refractivity contribution in [2.24, 2.45) is 0 Å². The van der Waals surface area contributed by atoms with Crippen LogP contribution < -0.4 is 0 Å². The van der Waals surface area contributed by atoms with Crippen LogP contribution in [0.25, 0.3) is 0 Å². The Hall–Kier alpha value is -1.10. The van der Waals surface area contributed by atoms with Crippen LogP contribution in [0.3, 0.4) is 0 Å². The molecule has 0 aromatic carbocycles. The standard InChI is InChI=1S/C11H21NO4/c1-7(2)12(9(4)13)11(5,10(14)15)8(3)16-6/h7-8H,1-6H3,(H,14,15). The second-order valence-corrected chi connectivity index (χ2v) is 4.31. The number of aliphatic carboxylic acids is 1. The van der Waals surface area contributed by atoms with E-state index in [1.807, 2.05) is 0 Å². The normalized spacial score (nSPS) is 16.7. The van der Waals surface area contributed by atoms with Crippen molar-refractivity contribution >= 4 is 11.9 Å². The molecule has 0 radical (unpaired) electrons. The predicted octanol–water partition coefficient (Wildman–Crippen LogP) is 1.12. The fourth-order valence-electron chi connectivity index (χ4n) is 1.93. The number of ether oxygens (including phenoxy) is 1. The fourth-order valence-corrected chi connectivity index (χ4v) is 1.93. The maximum absolute atomic E-state index is 11.6. The molecular weight excluding hydrogens is 210 g/mol. The van der Waals surface area contributed by atoms with Crippen LogP contribution in [-0.4, -0.2) is 46.7 Å². The Bertz CT molecular complexity index is 277. The summed E-state index contributed by atoms with van der Waals surface area (Å²) in [4.78, 5) is 24.3. The minimum Gasteiger partial charge on any atom is -0.479 e. The number of carboxylic acids is 1. The lowest BCUT2D eigenvalue weighted by Gasteiger charge is -2.43. The molecule has 0 aromatic rings. The van der Waals surface area contributed by atoms with Crippen molar-refractivity contribution in [2.75, 3.05) is 7.11 Å². The molecule has 0 rings (SSSR count). The van der Waals surface area contributed by atoms with E-state index < -0.39 is 17.6 Å². The van der Waals surface area contributed by atoms with Crippen LogP contribution in [-0.2, 0) is 14.3 Å². The minimum atomic E-state index is -1.35. The van der Waals surface area contributed by atoms with E-state index in [0.717, 1.165) is 0 Å². The smallest absolute Gasteiger partial charge is 0.332 e. The van der Waals surface area contributed by atoms with Gasteiger partial charge >= 0.3 is 5.97 Å². The number of nitrogens with zero attached hydrogens (tertiary/aromatic N) is 1. The van der Waals surface area contributed by atoms with E-state index in [9.17, 15) is 14.7 Å². The van der Waals surface area contributed by atoms with Crippen molar-refractivity contribution in [3.05, 3.63) is 0 Å². The van der Waals surface area contributed by atoms with E-state index in [2.05, 4.69) is 0 Å². The second kappa shape index (κ2) is 5.30. The van der Waals surface area contributed by atoms with E-state index in [-0.39, 0.29) is 11.9 Å². The predicted molar refractivity (Wildman–Crippen MR) is 60.2 cm³/mol. The van der Waals surface area contributed by atoms with Crippen LogP contribution in [0.2, 0.25) is 0 Å². The Balaban J connectivity index is 5.47. The Morgan fingerprint density at radius 3 is 1.94 bits per heavy atom. The summed E-state index contributed by atoms with van der Waals surface area (Å²) < 4.78 is 5.08. The number of hydrogen-bond acceptors (Lipinski definition) is 3. The topological polar surface area (TPSA) is 66.8 Å². The molecule has 0 fully saturated rings. The lowest BCUT2D eigenvalue weighted by molar-refractivity contribution is -0.169. The summed E-state index contributed by atoms with van der Waals surface area (Å²) >= 11 is 0. The molecule has 2 unspecified atom stereocenters. The Kier molecular flexibility index (Phi) is 4.93. The zero-order valence-electron chi connectivity index (χ0n) is 10.8. The third-order valence-electron chi connectivity index (χ3n) is 2.93. The van der Waals surface area contributed by atoms with Crippen molar-refractivity contribution in [2.45, 2.75) is 52.3 Å². The average Bonchev–Trinajstić information content (AvgIpc) is 2.14. The van der Waals surface area contributed by atoms with Crippen molar-refractivity contribution in [3.63, 3.8) is 0 Å². The third-order valence-corrected chi connectivity index (χ3v) is 2.93. The van der Waals surface area contributed by atoms with E-state index in [0.29, 0.717) is 0 Å². The van der Waals surface area contributed by atoms with Crippen molar-refractivity contribution in [1.29, 1.82) is 0 Å². The molecule has 0 saturated heterocycles. The number of rotatable bonds is 5. The molecule has 5 heteroatoms. The van der Waals surface area contributed by atoms with Crippen LogP contribution in [0.4, 0.5) is 0 Å². The van der Waals surface area contributed by atoms with Crippen molar-refractivity contribution in [1.82, 2.24) is 4.90 Å². The highest BCUT2D eigenvalue weighted by molar-refractivity contribution is 5.86. The zero-order chi connectivity index (χ0) is 13.1. The monoisotopic (exact) mass is 231 g/mol. The molecule has 5 nitrogen and oxygen atoms in total. The van der Waals surface area contributed by atoms with Gasteiger partial charge in [0, 0.05) is 20.1 Å². The summed E-state index contributed by atoms with van der Waals surface area (Å²) in [7, 11) is 1.44. The fraction of sp³-hybridized carbons (Fsp3) is 0.818. The van der Waals surface area contributed by atoms with Gasteiger partial charge in [-0.25, -0.2) is 4.79 Å². The summed E-state index contributed by atoms with van der Waals surface area (Å²) in [5, 5.41) is 9.33. The minimum absolute atomic E-state index is 0.198. The molecule has 0 aliphatic carbocycles. The average molecular weight is 231 g/mol. The maximum atomic E-state index is 11.6. The molecule has 0 bridgehead atoms. The molecule has 94 valence electrons. The highest BCUT2D eigenvalue weighted by Crippen LogP contribution is 2.25. The van der Waals surface area contributed by atoms with Gasteiger partial charge in [-0.3, -0.25) is 4.79 Å². The zero-order valence-corrected chi connectivity index (χ0v) is 10.8. The summed E-state index contributed by atoms with van der Waals surface area (Å²) in [5.74, 6) is -1.34. The maximum Gasteiger partial charge on any atom is 0.332 e. The first-order valence-corrected chi connectivity index (χ1v) is 5.25. The van der Waals surface area contributed by atoms with Crippen LogP contribution in [0.5, 0.6) is 0 Å². The molecule has 0 spiro atoms. The third kappa shape index (κ3) is 2.52. The Labute approximate surface area is 96.4 Å². The molecule has 16 heavy (non-hydrogen) atoms. The van der Waals surface area contributed by atoms with E-state index >= 15 is 0 Å². The van der Waals surface area contributed by atoms with Gasteiger partial charge in [0.05, 0.1) is 6.10 Å². The molecule has 0 saturated carbocycles. The van der Waals surface area contributed by atoms with Gasteiger partial charge in [0.15, 0.2) is 5.54 Å². The van der Waals surface area contributed by atoms with E-state index in [1.165, 1.54) is 25.9 Å². The summed E-state index contributed by atoms with van der Waals surface area (Å²) in [5.41, 5.74) is -1.35. The summed E-state index contributed by atoms with van der Waals surface area (Å²) in [6, 6.07) is -0.198. The largest absolute Gasteiger partial charge is 0.479 e. The van der Waals surface area contributed by atoms with Gasteiger partial charge in [-0.15, -0.1) is 0 Å². The van der Waals surface area contributed by atoms with Gasteiger partial charge in [-0.2, -0.15) is 0 Å². The van der Waals surface area contributed by atoms with Crippen LogP contribution in [0.1, 0.15) is 34.6 Å².